The van der Waals surface area contributed by atoms with Crippen molar-refractivity contribution in [2.45, 2.75) is 13.0 Å². The molecule has 5 nitrogen and oxygen atoms in total. The molecule has 1 aromatic carbocycles. The van der Waals surface area contributed by atoms with E-state index in [9.17, 15) is 14.0 Å². The highest BCUT2D eigenvalue weighted by atomic mass is 19.1. The number of carbonyl (C=O) groups excluding carboxylic acids is 2. The topological polar surface area (TPSA) is 75.4 Å². The summed E-state index contributed by atoms with van der Waals surface area (Å²) in [6, 6.07) is 4.00. The van der Waals surface area contributed by atoms with Gasteiger partial charge in [-0.05, 0) is 19.1 Å². The summed E-state index contributed by atoms with van der Waals surface area (Å²) in [5.74, 6) is -1.22. The van der Waals surface area contributed by atoms with Gasteiger partial charge in [-0.3, -0.25) is 14.9 Å². The number of nitrogens with zero attached hydrogens (tertiary/aromatic N) is 1. The molecule has 0 aliphatic carbocycles. The molecule has 0 saturated carbocycles. The maximum atomic E-state index is 13.8. The standard InChI is InChI=1S/C12H14FN3O2/c1-7(14)12-8(13)3-2-4-9(12)16-5-10(17)15-11(18)6-16/h2-4,7H,5-6,14H2,1H3,(H,15,17,18)/t7-/m1/s1. The average molecular weight is 251 g/mol. The number of rotatable bonds is 2. The zero-order valence-electron chi connectivity index (χ0n) is 9.94. The second-order valence-electron chi connectivity index (χ2n) is 4.29. The molecule has 1 heterocycles. The fourth-order valence-corrected chi connectivity index (χ4v) is 2.06. The third-order valence-corrected chi connectivity index (χ3v) is 2.77. The van der Waals surface area contributed by atoms with Crippen molar-refractivity contribution in [2.75, 3.05) is 18.0 Å². The zero-order chi connectivity index (χ0) is 13.3. The van der Waals surface area contributed by atoms with Crippen molar-refractivity contribution in [1.29, 1.82) is 0 Å². The van der Waals surface area contributed by atoms with Gasteiger partial charge < -0.3 is 10.6 Å². The molecule has 2 rings (SSSR count). The lowest BCUT2D eigenvalue weighted by atomic mass is 10.0. The van der Waals surface area contributed by atoms with Crippen molar-refractivity contribution in [3.8, 4) is 0 Å². The molecule has 0 aromatic heterocycles. The van der Waals surface area contributed by atoms with Crippen molar-refractivity contribution in [1.82, 2.24) is 5.32 Å². The van der Waals surface area contributed by atoms with Crippen LogP contribution in [0.5, 0.6) is 0 Å². The van der Waals surface area contributed by atoms with E-state index in [0.717, 1.165) is 0 Å². The van der Waals surface area contributed by atoms with E-state index in [1.165, 1.54) is 17.0 Å². The van der Waals surface area contributed by atoms with Crippen LogP contribution in [0.3, 0.4) is 0 Å². The fraction of sp³-hybridized carbons (Fsp3) is 0.333. The Balaban J connectivity index is 2.41. The van der Waals surface area contributed by atoms with Crippen LogP contribution in [0.1, 0.15) is 18.5 Å². The number of benzene rings is 1. The minimum absolute atomic E-state index is 0.0227. The van der Waals surface area contributed by atoms with Crippen molar-refractivity contribution >= 4 is 17.5 Å². The van der Waals surface area contributed by atoms with Gasteiger partial charge in [-0.15, -0.1) is 0 Å². The van der Waals surface area contributed by atoms with Crippen molar-refractivity contribution in [2.24, 2.45) is 5.73 Å². The van der Waals surface area contributed by atoms with E-state index in [0.29, 0.717) is 11.3 Å². The Morgan fingerprint density at radius 3 is 2.50 bits per heavy atom. The normalized spacial score (nSPS) is 17.6. The quantitative estimate of drug-likeness (QED) is 0.742. The number of halogens is 1. The van der Waals surface area contributed by atoms with Gasteiger partial charge >= 0.3 is 0 Å². The highest BCUT2D eigenvalue weighted by Crippen LogP contribution is 2.28. The largest absolute Gasteiger partial charge is 0.353 e. The van der Waals surface area contributed by atoms with Gasteiger partial charge in [0, 0.05) is 17.3 Å². The molecule has 6 heteroatoms. The van der Waals surface area contributed by atoms with E-state index in [2.05, 4.69) is 5.32 Å². The maximum absolute atomic E-state index is 13.8. The first-order chi connectivity index (χ1) is 8.49. The number of nitrogens with two attached hydrogens (primary N) is 1. The van der Waals surface area contributed by atoms with Crippen LogP contribution >= 0.6 is 0 Å². The van der Waals surface area contributed by atoms with E-state index in [-0.39, 0.29) is 13.1 Å². The minimum Gasteiger partial charge on any atom is -0.353 e. The van der Waals surface area contributed by atoms with E-state index in [1.807, 2.05) is 0 Å². The number of amides is 2. The lowest BCUT2D eigenvalue weighted by Gasteiger charge is -2.30. The van der Waals surface area contributed by atoms with Crippen LogP contribution in [-0.4, -0.2) is 24.9 Å². The summed E-state index contributed by atoms with van der Waals surface area (Å²) in [6.45, 7) is 1.71. The van der Waals surface area contributed by atoms with Crippen LogP contribution in [-0.2, 0) is 9.59 Å². The number of hydrogen-bond acceptors (Lipinski definition) is 4. The van der Waals surface area contributed by atoms with Crippen LogP contribution < -0.4 is 16.0 Å². The molecule has 0 unspecified atom stereocenters. The first-order valence-electron chi connectivity index (χ1n) is 5.60. The van der Waals surface area contributed by atoms with Gasteiger partial charge in [-0.2, -0.15) is 0 Å². The highest BCUT2D eigenvalue weighted by Gasteiger charge is 2.26. The van der Waals surface area contributed by atoms with Gasteiger partial charge in [0.1, 0.15) is 5.82 Å². The van der Waals surface area contributed by atoms with Gasteiger partial charge in [-0.25, -0.2) is 4.39 Å². The lowest BCUT2D eigenvalue weighted by Crippen LogP contribution is -2.51. The SMILES string of the molecule is C[C@@H](N)c1c(F)cccc1N1CC(=O)NC(=O)C1. The number of piperazine rings is 1. The minimum atomic E-state index is -0.513. The Morgan fingerprint density at radius 2 is 1.94 bits per heavy atom. The molecular formula is C12H14FN3O2. The first kappa shape index (κ1) is 12.5. The van der Waals surface area contributed by atoms with Crippen LogP contribution in [0, 0.1) is 5.82 Å². The van der Waals surface area contributed by atoms with E-state index in [1.54, 1.807) is 13.0 Å². The fourth-order valence-electron chi connectivity index (χ4n) is 2.06. The molecule has 0 bridgehead atoms. The van der Waals surface area contributed by atoms with Gasteiger partial charge in [0.2, 0.25) is 11.8 Å². The third kappa shape index (κ3) is 2.33. The summed E-state index contributed by atoms with van der Waals surface area (Å²) >= 11 is 0. The number of imide groups is 1. The molecule has 1 fully saturated rings. The van der Waals surface area contributed by atoms with Crippen molar-refractivity contribution in [3.63, 3.8) is 0 Å². The Kier molecular flexibility index (Phi) is 3.29. The smallest absolute Gasteiger partial charge is 0.246 e. The van der Waals surface area contributed by atoms with Gasteiger partial charge in [0.05, 0.1) is 13.1 Å². The third-order valence-electron chi connectivity index (χ3n) is 2.77. The van der Waals surface area contributed by atoms with E-state index in [4.69, 9.17) is 5.73 Å². The summed E-state index contributed by atoms with van der Waals surface area (Å²) in [4.78, 5) is 24.2. The monoisotopic (exact) mass is 251 g/mol. The van der Waals surface area contributed by atoms with Crippen molar-refractivity contribution in [3.05, 3.63) is 29.6 Å². The van der Waals surface area contributed by atoms with Crippen LogP contribution in [0.15, 0.2) is 18.2 Å². The number of hydrogen-bond donors (Lipinski definition) is 2. The summed E-state index contributed by atoms with van der Waals surface area (Å²) in [7, 11) is 0. The van der Waals surface area contributed by atoms with Crippen molar-refractivity contribution < 1.29 is 14.0 Å². The predicted octanol–water partition coefficient (Wildman–Crippen LogP) is 0.308. The maximum Gasteiger partial charge on any atom is 0.246 e. The first-order valence-corrected chi connectivity index (χ1v) is 5.60. The average Bonchev–Trinajstić information content (AvgIpc) is 2.26. The van der Waals surface area contributed by atoms with Crippen LogP contribution in [0.25, 0.3) is 0 Å². The molecule has 1 aromatic rings. The molecule has 0 spiro atoms. The summed E-state index contributed by atoms with van der Waals surface area (Å²) in [5.41, 5.74) is 6.55. The molecule has 0 radical (unpaired) electrons. The second kappa shape index (κ2) is 4.73. The molecule has 1 aliphatic heterocycles. The van der Waals surface area contributed by atoms with E-state index >= 15 is 0 Å². The number of carbonyl (C=O) groups is 2. The van der Waals surface area contributed by atoms with Gasteiger partial charge in [-0.1, -0.05) is 6.07 Å². The second-order valence-corrected chi connectivity index (χ2v) is 4.29. The summed E-state index contributed by atoms with van der Waals surface area (Å²) in [6.07, 6.45) is 0. The molecule has 18 heavy (non-hydrogen) atoms. The van der Waals surface area contributed by atoms with Crippen LogP contribution in [0.4, 0.5) is 10.1 Å². The molecule has 1 saturated heterocycles. The predicted molar refractivity (Wildman–Crippen MR) is 64.4 cm³/mol. The molecule has 96 valence electrons. The molecule has 1 atom stereocenters. The number of anilines is 1. The molecule has 1 aliphatic rings. The summed E-state index contributed by atoms with van der Waals surface area (Å²) < 4.78 is 13.8. The highest BCUT2D eigenvalue weighted by molar-refractivity contribution is 6.02. The van der Waals surface area contributed by atoms with Gasteiger partial charge in [0.15, 0.2) is 0 Å². The molecule has 3 N–H and O–H groups in total. The molecular weight excluding hydrogens is 237 g/mol. The zero-order valence-corrected chi connectivity index (χ0v) is 9.94. The number of nitrogens with one attached hydrogen (secondary N) is 1. The van der Waals surface area contributed by atoms with E-state index < -0.39 is 23.7 Å². The Morgan fingerprint density at radius 1 is 1.33 bits per heavy atom. The Hall–Kier alpha value is -1.95. The summed E-state index contributed by atoms with van der Waals surface area (Å²) in [5, 5.41) is 2.20. The molecule has 2 amide bonds. The van der Waals surface area contributed by atoms with Gasteiger partial charge in [0.25, 0.3) is 0 Å². The lowest BCUT2D eigenvalue weighted by molar-refractivity contribution is -0.130. The van der Waals surface area contributed by atoms with Crippen LogP contribution in [0.2, 0.25) is 0 Å². The Bertz CT molecular complexity index is 486. The Labute approximate surface area is 104 Å².